The second kappa shape index (κ2) is 5.19. The van der Waals surface area contributed by atoms with E-state index in [9.17, 15) is 4.79 Å². The van der Waals surface area contributed by atoms with Crippen LogP contribution in [0.5, 0.6) is 5.75 Å². The van der Waals surface area contributed by atoms with E-state index in [2.05, 4.69) is 4.98 Å². The standard InChI is InChI=1S/C14H12ClNO2/c1-9-5-6-12(18-2)10(8-9)14(17)13-11(15)4-3-7-16-13/h3-8H,1-2H3. The number of aryl methyl sites for hydroxylation is 1. The summed E-state index contributed by atoms with van der Waals surface area (Å²) in [5, 5.41) is 0.339. The number of hydrogen-bond acceptors (Lipinski definition) is 3. The molecule has 3 nitrogen and oxygen atoms in total. The summed E-state index contributed by atoms with van der Waals surface area (Å²) < 4.78 is 5.19. The fourth-order valence-corrected chi connectivity index (χ4v) is 1.89. The van der Waals surface area contributed by atoms with Crippen LogP contribution in [0.25, 0.3) is 0 Å². The number of nitrogens with zero attached hydrogens (tertiary/aromatic N) is 1. The number of methoxy groups -OCH3 is 1. The van der Waals surface area contributed by atoms with Gasteiger partial charge in [0.15, 0.2) is 0 Å². The first kappa shape index (κ1) is 12.6. The first-order valence-electron chi connectivity index (χ1n) is 5.43. The van der Waals surface area contributed by atoms with Gasteiger partial charge in [0, 0.05) is 6.20 Å². The minimum atomic E-state index is -0.235. The lowest BCUT2D eigenvalue weighted by Gasteiger charge is -2.08. The molecule has 0 saturated carbocycles. The summed E-state index contributed by atoms with van der Waals surface area (Å²) in [5.74, 6) is 0.286. The Morgan fingerprint density at radius 1 is 1.33 bits per heavy atom. The Balaban J connectivity index is 2.52. The summed E-state index contributed by atoms with van der Waals surface area (Å²) in [5.41, 5.74) is 1.69. The van der Waals surface area contributed by atoms with Crippen molar-refractivity contribution < 1.29 is 9.53 Å². The van der Waals surface area contributed by atoms with Crippen LogP contribution in [-0.2, 0) is 0 Å². The fourth-order valence-electron chi connectivity index (χ4n) is 1.68. The second-order valence-electron chi connectivity index (χ2n) is 3.87. The Kier molecular flexibility index (Phi) is 3.63. The van der Waals surface area contributed by atoms with Gasteiger partial charge in [0.25, 0.3) is 0 Å². The summed E-state index contributed by atoms with van der Waals surface area (Å²) in [6.45, 7) is 1.91. The Bertz CT molecular complexity index is 596. The van der Waals surface area contributed by atoms with E-state index in [1.165, 1.54) is 7.11 Å². The van der Waals surface area contributed by atoms with Crippen LogP contribution in [0, 0.1) is 6.92 Å². The lowest BCUT2D eigenvalue weighted by atomic mass is 10.0. The molecule has 0 aliphatic rings. The molecule has 92 valence electrons. The van der Waals surface area contributed by atoms with Crippen molar-refractivity contribution >= 4 is 17.4 Å². The van der Waals surface area contributed by atoms with E-state index in [0.29, 0.717) is 16.3 Å². The van der Waals surface area contributed by atoms with Gasteiger partial charge in [0.2, 0.25) is 5.78 Å². The normalized spacial score (nSPS) is 10.2. The maximum Gasteiger partial charge on any atom is 0.216 e. The third kappa shape index (κ3) is 2.36. The van der Waals surface area contributed by atoms with Gasteiger partial charge in [0.05, 0.1) is 17.7 Å². The molecule has 1 heterocycles. The highest BCUT2D eigenvalue weighted by atomic mass is 35.5. The quantitative estimate of drug-likeness (QED) is 0.796. The first-order chi connectivity index (χ1) is 8.63. The molecule has 0 amide bonds. The van der Waals surface area contributed by atoms with Crippen molar-refractivity contribution in [2.75, 3.05) is 7.11 Å². The van der Waals surface area contributed by atoms with Crippen LogP contribution in [0.15, 0.2) is 36.5 Å². The molecule has 1 aromatic carbocycles. The molecule has 18 heavy (non-hydrogen) atoms. The largest absolute Gasteiger partial charge is 0.496 e. The van der Waals surface area contributed by atoms with E-state index in [-0.39, 0.29) is 11.5 Å². The molecule has 0 aliphatic carbocycles. The van der Waals surface area contributed by atoms with Crippen LogP contribution in [0.3, 0.4) is 0 Å². The van der Waals surface area contributed by atoms with Crippen molar-refractivity contribution in [3.8, 4) is 5.75 Å². The molecule has 0 bridgehead atoms. The highest BCUT2D eigenvalue weighted by Gasteiger charge is 2.18. The van der Waals surface area contributed by atoms with Crippen LogP contribution in [0.1, 0.15) is 21.6 Å². The summed E-state index contributed by atoms with van der Waals surface area (Å²) in [6.07, 6.45) is 1.54. The average Bonchev–Trinajstić information content (AvgIpc) is 2.38. The molecule has 0 fully saturated rings. The number of carbonyl (C=O) groups is 1. The molecule has 2 aromatic rings. The van der Waals surface area contributed by atoms with Gasteiger partial charge in [-0.15, -0.1) is 0 Å². The Morgan fingerprint density at radius 3 is 2.78 bits per heavy atom. The summed E-state index contributed by atoms with van der Waals surface area (Å²) in [6, 6.07) is 8.75. The molecule has 4 heteroatoms. The maximum absolute atomic E-state index is 12.4. The van der Waals surface area contributed by atoms with Gasteiger partial charge in [-0.25, -0.2) is 0 Å². The molecule has 0 atom stereocenters. The predicted octanol–water partition coefficient (Wildman–Crippen LogP) is 3.28. The lowest BCUT2D eigenvalue weighted by molar-refractivity contribution is 0.103. The van der Waals surface area contributed by atoms with Gasteiger partial charge >= 0.3 is 0 Å². The third-order valence-corrected chi connectivity index (χ3v) is 2.88. The summed E-state index contributed by atoms with van der Waals surface area (Å²) in [7, 11) is 1.53. The van der Waals surface area contributed by atoms with Gasteiger partial charge < -0.3 is 4.74 Å². The lowest BCUT2D eigenvalue weighted by Crippen LogP contribution is -2.07. The van der Waals surface area contributed by atoms with Crippen LogP contribution < -0.4 is 4.74 Å². The number of benzene rings is 1. The molecule has 1 aromatic heterocycles. The van der Waals surface area contributed by atoms with E-state index in [4.69, 9.17) is 16.3 Å². The molecule has 0 saturated heterocycles. The van der Waals surface area contributed by atoms with E-state index in [1.54, 1.807) is 30.5 Å². The van der Waals surface area contributed by atoms with Crippen molar-refractivity contribution in [1.82, 2.24) is 4.98 Å². The second-order valence-corrected chi connectivity index (χ2v) is 4.27. The van der Waals surface area contributed by atoms with E-state index in [0.717, 1.165) is 5.56 Å². The van der Waals surface area contributed by atoms with Crippen LogP contribution in [-0.4, -0.2) is 17.9 Å². The fraction of sp³-hybridized carbons (Fsp3) is 0.143. The number of rotatable bonds is 3. The molecular formula is C14H12ClNO2. The van der Waals surface area contributed by atoms with Crippen LogP contribution in [0.4, 0.5) is 0 Å². The zero-order valence-corrected chi connectivity index (χ0v) is 10.9. The average molecular weight is 262 g/mol. The topological polar surface area (TPSA) is 39.2 Å². The highest BCUT2D eigenvalue weighted by molar-refractivity contribution is 6.34. The van der Waals surface area contributed by atoms with Crippen molar-refractivity contribution in [3.63, 3.8) is 0 Å². The van der Waals surface area contributed by atoms with Crippen molar-refractivity contribution in [2.45, 2.75) is 6.92 Å². The van der Waals surface area contributed by atoms with Gasteiger partial charge in [-0.2, -0.15) is 0 Å². The van der Waals surface area contributed by atoms with Crippen LogP contribution in [0.2, 0.25) is 5.02 Å². The Labute approximate surface area is 110 Å². The number of halogens is 1. The number of hydrogen-bond donors (Lipinski definition) is 0. The number of pyridine rings is 1. The van der Waals surface area contributed by atoms with Crippen molar-refractivity contribution in [1.29, 1.82) is 0 Å². The van der Waals surface area contributed by atoms with E-state index in [1.807, 2.05) is 13.0 Å². The zero-order valence-electron chi connectivity index (χ0n) is 10.1. The highest BCUT2D eigenvalue weighted by Crippen LogP contribution is 2.24. The predicted molar refractivity (Wildman–Crippen MR) is 70.4 cm³/mol. The molecule has 2 rings (SSSR count). The third-order valence-electron chi connectivity index (χ3n) is 2.57. The number of aromatic nitrogens is 1. The number of ether oxygens (including phenoxy) is 1. The minimum Gasteiger partial charge on any atom is -0.496 e. The Morgan fingerprint density at radius 2 is 2.11 bits per heavy atom. The summed E-state index contributed by atoms with van der Waals surface area (Å²) in [4.78, 5) is 16.4. The van der Waals surface area contributed by atoms with Crippen molar-refractivity contribution in [3.05, 3.63) is 58.4 Å². The van der Waals surface area contributed by atoms with E-state index >= 15 is 0 Å². The van der Waals surface area contributed by atoms with Gasteiger partial charge in [0.1, 0.15) is 11.4 Å². The SMILES string of the molecule is COc1ccc(C)cc1C(=O)c1ncccc1Cl. The molecule has 0 aliphatic heterocycles. The molecule has 0 N–H and O–H groups in total. The van der Waals surface area contributed by atoms with Crippen molar-refractivity contribution in [2.24, 2.45) is 0 Å². The monoisotopic (exact) mass is 261 g/mol. The van der Waals surface area contributed by atoms with Gasteiger partial charge in [-0.3, -0.25) is 9.78 Å². The molecule has 0 spiro atoms. The zero-order chi connectivity index (χ0) is 13.1. The van der Waals surface area contributed by atoms with Gasteiger partial charge in [-0.1, -0.05) is 23.2 Å². The number of ketones is 1. The number of carbonyl (C=O) groups excluding carboxylic acids is 1. The summed E-state index contributed by atoms with van der Waals surface area (Å²) >= 11 is 5.98. The maximum atomic E-state index is 12.4. The van der Waals surface area contributed by atoms with Crippen LogP contribution >= 0.6 is 11.6 Å². The molecule has 0 unspecified atom stereocenters. The first-order valence-corrected chi connectivity index (χ1v) is 5.81. The van der Waals surface area contributed by atoms with E-state index < -0.39 is 0 Å². The van der Waals surface area contributed by atoms with Gasteiger partial charge in [-0.05, 0) is 31.2 Å². The minimum absolute atomic E-state index is 0.235. The molecular weight excluding hydrogens is 250 g/mol. The molecule has 0 radical (unpaired) electrons. The Hall–Kier alpha value is -1.87. The smallest absolute Gasteiger partial charge is 0.216 e.